The van der Waals surface area contributed by atoms with Gasteiger partial charge in [0, 0.05) is 0 Å². The van der Waals surface area contributed by atoms with Gasteiger partial charge in [0.2, 0.25) is 4.73 Å². The zero-order chi connectivity index (χ0) is 5.98. The van der Waals surface area contributed by atoms with E-state index in [0.29, 0.717) is 11.4 Å². The van der Waals surface area contributed by atoms with Gasteiger partial charge in [-0.25, -0.2) is 9.67 Å². The summed E-state index contributed by atoms with van der Waals surface area (Å²) in [6.07, 6.45) is 1.56. The lowest BCUT2D eigenvalue weighted by Crippen LogP contribution is -2.06. The van der Waals surface area contributed by atoms with Crippen LogP contribution in [0.3, 0.4) is 0 Å². The zero-order valence-corrected chi connectivity index (χ0v) is 5.67. The highest BCUT2D eigenvalue weighted by molar-refractivity contribution is 9.10. The fourth-order valence-electron chi connectivity index (χ4n) is 0.360. The van der Waals surface area contributed by atoms with Gasteiger partial charge in [-0.05, 0) is 15.9 Å². The van der Waals surface area contributed by atoms with E-state index in [1.807, 2.05) is 0 Å². The van der Waals surface area contributed by atoms with E-state index >= 15 is 0 Å². The third kappa shape index (κ3) is 1.05. The van der Waals surface area contributed by atoms with Crippen molar-refractivity contribution in [3.63, 3.8) is 0 Å². The van der Waals surface area contributed by atoms with Crippen LogP contribution in [0.15, 0.2) is 11.1 Å². The average molecular weight is 177 g/mol. The van der Waals surface area contributed by atoms with Crippen LogP contribution in [0.4, 0.5) is 0 Å². The molecular formula is C3H5BrN4. The molecule has 1 aromatic heterocycles. The predicted molar refractivity (Wildman–Crippen MR) is 31.9 cm³/mol. The molecule has 0 aliphatic carbocycles. The Hall–Kier alpha value is -0.420. The number of aromatic nitrogens is 3. The van der Waals surface area contributed by atoms with Crippen LogP contribution in [0.1, 0.15) is 0 Å². The van der Waals surface area contributed by atoms with Gasteiger partial charge < -0.3 is 5.73 Å². The molecule has 0 saturated carbocycles. The Bertz CT molecular complexity index is 172. The zero-order valence-electron chi connectivity index (χ0n) is 4.08. The van der Waals surface area contributed by atoms with Gasteiger partial charge in [-0.15, -0.1) is 5.10 Å². The average Bonchev–Trinajstić information content (AvgIpc) is 2.14. The van der Waals surface area contributed by atoms with E-state index in [0.717, 1.165) is 0 Å². The summed E-state index contributed by atoms with van der Waals surface area (Å²) in [5.41, 5.74) is 5.20. The molecule has 4 nitrogen and oxygen atoms in total. The maximum atomic E-state index is 5.20. The Kier molecular flexibility index (Phi) is 1.59. The standard InChI is InChI=1S/C3H5BrN4/c4-3-6-2-8(1-5)7-3/h2H,1,5H2. The Morgan fingerprint density at radius 2 is 2.62 bits per heavy atom. The molecule has 44 valence electrons. The van der Waals surface area contributed by atoms with Gasteiger partial charge in [-0.2, -0.15) is 0 Å². The highest BCUT2D eigenvalue weighted by Gasteiger charge is 1.89. The van der Waals surface area contributed by atoms with Gasteiger partial charge in [0.25, 0.3) is 0 Å². The minimum atomic E-state index is 0.374. The molecule has 0 unspecified atom stereocenters. The van der Waals surface area contributed by atoms with Crippen molar-refractivity contribution < 1.29 is 0 Å². The summed E-state index contributed by atoms with van der Waals surface area (Å²) < 4.78 is 2.10. The second-order valence-electron chi connectivity index (χ2n) is 1.24. The topological polar surface area (TPSA) is 56.7 Å². The van der Waals surface area contributed by atoms with E-state index in [2.05, 4.69) is 26.0 Å². The maximum absolute atomic E-state index is 5.20. The van der Waals surface area contributed by atoms with E-state index in [1.54, 1.807) is 6.33 Å². The molecule has 0 atom stereocenters. The molecule has 0 bridgehead atoms. The Balaban J connectivity index is 2.84. The first-order valence-electron chi connectivity index (χ1n) is 2.08. The summed E-state index contributed by atoms with van der Waals surface area (Å²) in [6, 6.07) is 0. The number of rotatable bonds is 1. The number of nitrogens with two attached hydrogens (primary N) is 1. The quantitative estimate of drug-likeness (QED) is 0.654. The first-order chi connectivity index (χ1) is 3.83. The monoisotopic (exact) mass is 176 g/mol. The molecule has 0 amide bonds. The largest absolute Gasteiger partial charge is 0.312 e. The van der Waals surface area contributed by atoms with Gasteiger partial charge >= 0.3 is 0 Å². The number of nitrogens with zero attached hydrogens (tertiary/aromatic N) is 3. The molecule has 1 rings (SSSR count). The van der Waals surface area contributed by atoms with Crippen molar-refractivity contribution >= 4 is 15.9 Å². The predicted octanol–water partition coefficient (Wildman–Crippen LogP) is -0.0432. The third-order valence-corrected chi connectivity index (χ3v) is 1.06. The smallest absolute Gasteiger partial charge is 0.217 e. The molecule has 0 aliphatic heterocycles. The van der Waals surface area contributed by atoms with Gasteiger partial charge in [0.1, 0.15) is 6.33 Å². The summed E-state index contributed by atoms with van der Waals surface area (Å²) in [6.45, 7) is 0.374. The normalized spacial score (nSPS) is 9.75. The van der Waals surface area contributed by atoms with Crippen LogP contribution in [0.25, 0.3) is 0 Å². The molecular weight excluding hydrogens is 172 g/mol. The Labute approximate surface area is 54.8 Å². The second kappa shape index (κ2) is 2.23. The van der Waals surface area contributed by atoms with Crippen molar-refractivity contribution in [2.75, 3.05) is 0 Å². The highest BCUT2D eigenvalue weighted by Crippen LogP contribution is 1.96. The van der Waals surface area contributed by atoms with Crippen LogP contribution in [0, 0.1) is 0 Å². The van der Waals surface area contributed by atoms with E-state index in [1.165, 1.54) is 4.68 Å². The first-order valence-corrected chi connectivity index (χ1v) is 2.87. The lowest BCUT2D eigenvalue weighted by molar-refractivity contribution is 0.633. The van der Waals surface area contributed by atoms with Crippen LogP contribution in [-0.4, -0.2) is 14.8 Å². The van der Waals surface area contributed by atoms with E-state index < -0.39 is 0 Å². The lowest BCUT2D eigenvalue weighted by atomic mass is 11.1. The fraction of sp³-hybridized carbons (Fsp3) is 0.333. The molecule has 5 heteroatoms. The molecule has 0 fully saturated rings. The maximum Gasteiger partial charge on any atom is 0.217 e. The summed E-state index contributed by atoms with van der Waals surface area (Å²) in [5.74, 6) is 0. The Morgan fingerprint density at radius 3 is 2.88 bits per heavy atom. The molecule has 1 heterocycles. The van der Waals surface area contributed by atoms with E-state index in [-0.39, 0.29) is 0 Å². The second-order valence-corrected chi connectivity index (χ2v) is 1.94. The van der Waals surface area contributed by atoms with Crippen LogP contribution in [-0.2, 0) is 6.67 Å². The van der Waals surface area contributed by atoms with Crippen LogP contribution in [0.2, 0.25) is 0 Å². The van der Waals surface area contributed by atoms with Crippen molar-refractivity contribution in [2.45, 2.75) is 6.67 Å². The van der Waals surface area contributed by atoms with Crippen molar-refractivity contribution in [3.8, 4) is 0 Å². The van der Waals surface area contributed by atoms with Crippen LogP contribution in [0.5, 0.6) is 0 Å². The minimum absolute atomic E-state index is 0.374. The van der Waals surface area contributed by atoms with Crippen molar-refractivity contribution in [3.05, 3.63) is 11.1 Å². The fourth-order valence-corrected chi connectivity index (χ4v) is 0.655. The van der Waals surface area contributed by atoms with Crippen LogP contribution >= 0.6 is 15.9 Å². The van der Waals surface area contributed by atoms with E-state index in [4.69, 9.17) is 5.73 Å². The van der Waals surface area contributed by atoms with Gasteiger partial charge in [-0.3, -0.25) is 0 Å². The van der Waals surface area contributed by atoms with Crippen molar-refractivity contribution in [2.24, 2.45) is 5.73 Å². The molecule has 0 spiro atoms. The summed E-state index contributed by atoms with van der Waals surface area (Å²) in [5, 5.41) is 3.83. The minimum Gasteiger partial charge on any atom is -0.312 e. The SMILES string of the molecule is NCn1cnc(Br)n1. The lowest BCUT2D eigenvalue weighted by Gasteiger charge is -1.86. The first kappa shape index (κ1) is 5.71. The van der Waals surface area contributed by atoms with Crippen molar-refractivity contribution in [1.29, 1.82) is 0 Å². The van der Waals surface area contributed by atoms with Crippen LogP contribution < -0.4 is 5.73 Å². The summed E-state index contributed by atoms with van der Waals surface area (Å²) in [4.78, 5) is 3.78. The number of hydrogen-bond acceptors (Lipinski definition) is 3. The number of halogens is 1. The molecule has 0 aromatic carbocycles. The van der Waals surface area contributed by atoms with Gasteiger partial charge in [0.15, 0.2) is 0 Å². The molecule has 0 saturated heterocycles. The van der Waals surface area contributed by atoms with Gasteiger partial charge in [0.05, 0.1) is 6.67 Å². The molecule has 0 aliphatic rings. The Morgan fingerprint density at radius 1 is 1.88 bits per heavy atom. The number of hydrogen-bond donors (Lipinski definition) is 1. The summed E-state index contributed by atoms with van der Waals surface area (Å²) in [7, 11) is 0. The molecule has 8 heavy (non-hydrogen) atoms. The van der Waals surface area contributed by atoms with Gasteiger partial charge in [-0.1, -0.05) is 0 Å². The molecule has 2 N–H and O–H groups in total. The van der Waals surface area contributed by atoms with E-state index in [9.17, 15) is 0 Å². The molecule has 1 aromatic rings. The third-order valence-electron chi connectivity index (χ3n) is 0.696. The highest BCUT2D eigenvalue weighted by atomic mass is 79.9. The molecule has 0 radical (unpaired) electrons. The summed E-state index contributed by atoms with van der Waals surface area (Å²) >= 11 is 3.07. The van der Waals surface area contributed by atoms with Crippen molar-refractivity contribution in [1.82, 2.24) is 14.8 Å².